The van der Waals surface area contributed by atoms with E-state index in [0.29, 0.717) is 13.2 Å². The third-order valence-electron chi connectivity index (χ3n) is 3.52. The molecule has 136 valence electrons. The average Bonchev–Trinajstić information content (AvgIpc) is 3.09. The number of hydrogen-bond acceptors (Lipinski definition) is 4. The van der Waals surface area contributed by atoms with Crippen LogP contribution in [0.4, 0.5) is 13.2 Å². The molecule has 1 aliphatic heterocycles. The van der Waals surface area contributed by atoms with Crippen molar-refractivity contribution in [2.24, 2.45) is 0 Å². The van der Waals surface area contributed by atoms with Crippen LogP contribution in [0.25, 0.3) is 6.08 Å². The van der Waals surface area contributed by atoms with Gasteiger partial charge in [0.15, 0.2) is 6.61 Å². The fourth-order valence-electron chi connectivity index (χ4n) is 2.25. The lowest BCUT2D eigenvalue weighted by atomic mass is 10.1. The molecular formula is C17H18F3NO4. The van der Waals surface area contributed by atoms with E-state index >= 15 is 0 Å². The number of esters is 1. The summed E-state index contributed by atoms with van der Waals surface area (Å²) in [6, 6.07) is 4.52. The Bertz CT molecular complexity index is 637. The van der Waals surface area contributed by atoms with Crippen molar-refractivity contribution < 1.29 is 32.2 Å². The summed E-state index contributed by atoms with van der Waals surface area (Å²) >= 11 is 0. The van der Waals surface area contributed by atoms with Crippen LogP contribution in [0, 0.1) is 0 Å². The molecule has 5 nitrogen and oxygen atoms in total. The van der Waals surface area contributed by atoms with Gasteiger partial charge in [0.25, 0.3) is 5.91 Å². The number of hydrogen-bond donors (Lipinski definition) is 1. The van der Waals surface area contributed by atoms with E-state index in [0.717, 1.165) is 31.1 Å². The van der Waals surface area contributed by atoms with Crippen LogP contribution in [0.15, 0.2) is 30.3 Å². The molecule has 1 N–H and O–H groups in total. The number of nitrogens with one attached hydrogen (secondary N) is 1. The maximum atomic E-state index is 12.6. The van der Waals surface area contributed by atoms with E-state index in [1.54, 1.807) is 0 Å². The highest BCUT2D eigenvalue weighted by molar-refractivity contribution is 5.89. The second-order valence-corrected chi connectivity index (χ2v) is 5.50. The van der Waals surface area contributed by atoms with Crippen molar-refractivity contribution in [3.05, 3.63) is 41.5 Å². The standard InChI is InChI=1S/C17H18F3NO4/c18-17(19,20)13-4-1-3-12(9-13)6-7-16(23)25-11-15(22)21-10-14-5-2-8-24-14/h1,3-4,6-7,9,14H,2,5,8,10-11H2,(H,21,22)/b7-6+/t14-/m0/s1. The van der Waals surface area contributed by atoms with Gasteiger partial charge in [-0.1, -0.05) is 12.1 Å². The third-order valence-corrected chi connectivity index (χ3v) is 3.52. The number of carbonyl (C=O) groups excluding carboxylic acids is 2. The Balaban J connectivity index is 1.75. The molecule has 1 amide bonds. The average molecular weight is 357 g/mol. The molecular weight excluding hydrogens is 339 g/mol. The molecule has 0 spiro atoms. The second-order valence-electron chi connectivity index (χ2n) is 5.50. The molecule has 1 aromatic carbocycles. The highest BCUT2D eigenvalue weighted by Gasteiger charge is 2.30. The normalized spacial score (nSPS) is 17.6. The maximum absolute atomic E-state index is 12.6. The van der Waals surface area contributed by atoms with Gasteiger partial charge in [-0.2, -0.15) is 13.2 Å². The molecule has 0 unspecified atom stereocenters. The first-order valence-electron chi connectivity index (χ1n) is 7.75. The fraction of sp³-hybridized carbons (Fsp3) is 0.412. The Labute approximate surface area is 142 Å². The van der Waals surface area contributed by atoms with Gasteiger partial charge in [0.1, 0.15) is 0 Å². The van der Waals surface area contributed by atoms with E-state index in [4.69, 9.17) is 9.47 Å². The zero-order chi connectivity index (χ0) is 18.3. The minimum atomic E-state index is -4.45. The van der Waals surface area contributed by atoms with Crippen molar-refractivity contribution in [1.82, 2.24) is 5.32 Å². The van der Waals surface area contributed by atoms with Crippen LogP contribution in [0.1, 0.15) is 24.0 Å². The molecule has 1 atom stereocenters. The predicted octanol–water partition coefficient (Wildman–Crippen LogP) is 2.56. The molecule has 1 fully saturated rings. The SMILES string of the molecule is O=C(COC(=O)/C=C/c1cccc(C(F)(F)F)c1)NC[C@@H]1CCCO1. The molecule has 8 heteroatoms. The van der Waals surface area contributed by atoms with E-state index in [-0.39, 0.29) is 11.7 Å². The van der Waals surface area contributed by atoms with Gasteiger partial charge in [-0.25, -0.2) is 4.79 Å². The summed E-state index contributed by atoms with van der Waals surface area (Å²) < 4.78 is 47.8. The molecule has 1 heterocycles. The quantitative estimate of drug-likeness (QED) is 0.628. The molecule has 25 heavy (non-hydrogen) atoms. The van der Waals surface area contributed by atoms with Crippen LogP contribution in [0.5, 0.6) is 0 Å². The van der Waals surface area contributed by atoms with Gasteiger partial charge in [-0.15, -0.1) is 0 Å². The van der Waals surface area contributed by atoms with E-state index in [2.05, 4.69) is 5.32 Å². The van der Waals surface area contributed by atoms with Crippen molar-refractivity contribution in [1.29, 1.82) is 0 Å². The van der Waals surface area contributed by atoms with Crippen LogP contribution in [0.2, 0.25) is 0 Å². The third kappa shape index (κ3) is 6.58. The van der Waals surface area contributed by atoms with Gasteiger partial charge in [0.2, 0.25) is 0 Å². The monoisotopic (exact) mass is 357 g/mol. The largest absolute Gasteiger partial charge is 0.452 e. The lowest BCUT2D eigenvalue weighted by Gasteiger charge is -2.10. The van der Waals surface area contributed by atoms with Gasteiger partial charge in [-0.05, 0) is 36.6 Å². The number of rotatable bonds is 6. The molecule has 1 saturated heterocycles. The van der Waals surface area contributed by atoms with E-state index in [9.17, 15) is 22.8 Å². The lowest BCUT2D eigenvalue weighted by Crippen LogP contribution is -2.34. The number of ether oxygens (including phenoxy) is 2. The van der Waals surface area contributed by atoms with Crippen molar-refractivity contribution in [2.45, 2.75) is 25.1 Å². The second kappa shape index (κ2) is 8.66. The molecule has 0 radical (unpaired) electrons. The van der Waals surface area contributed by atoms with E-state index in [1.165, 1.54) is 18.2 Å². The lowest BCUT2D eigenvalue weighted by molar-refractivity contribution is -0.143. The van der Waals surface area contributed by atoms with Crippen LogP contribution >= 0.6 is 0 Å². The van der Waals surface area contributed by atoms with E-state index < -0.39 is 30.2 Å². The predicted molar refractivity (Wildman–Crippen MR) is 83.4 cm³/mol. The molecule has 1 aliphatic rings. The molecule has 0 aliphatic carbocycles. The molecule has 2 rings (SSSR count). The number of benzene rings is 1. The topological polar surface area (TPSA) is 64.6 Å². The van der Waals surface area contributed by atoms with Crippen molar-refractivity contribution in [3.8, 4) is 0 Å². The first-order chi connectivity index (χ1) is 11.8. The highest BCUT2D eigenvalue weighted by atomic mass is 19.4. The number of halogens is 3. The summed E-state index contributed by atoms with van der Waals surface area (Å²) in [5.74, 6) is -1.28. The Morgan fingerprint density at radius 1 is 1.36 bits per heavy atom. The van der Waals surface area contributed by atoms with E-state index in [1.807, 2.05) is 0 Å². The molecule has 1 aromatic rings. The summed E-state index contributed by atoms with van der Waals surface area (Å²) in [6.07, 6.45) is -0.466. The summed E-state index contributed by atoms with van der Waals surface area (Å²) in [7, 11) is 0. The first kappa shape index (κ1) is 19.0. The van der Waals surface area contributed by atoms with Gasteiger partial charge < -0.3 is 14.8 Å². The minimum absolute atomic E-state index is 0.0135. The molecule has 0 bridgehead atoms. The maximum Gasteiger partial charge on any atom is 0.416 e. The Hall–Kier alpha value is -2.35. The molecule has 0 aromatic heterocycles. The number of amides is 1. The smallest absolute Gasteiger partial charge is 0.416 e. The van der Waals surface area contributed by atoms with Crippen molar-refractivity contribution in [2.75, 3.05) is 19.8 Å². The Morgan fingerprint density at radius 2 is 2.16 bits per heavy atom. The van der Waals surface area contributed by atoms with Crippen LogP contribution in [-0.2, 0) is 25.2 Å². The minimum Gasteiger partial charge on any atom is -0.452 e. The first-order valence-corrected chi connectivity index (χ1v) is 7.75. The zero-order valence-electron chi connectivity index (χ0n) is 13.3. The van der Waals surface area contributed by atoms with Gasteiger partial charge in [0, 0.05) is 19.2 Å². The Kier molecular flexibility index (Phi) is 6.58. The zero-order valence-corrected chi connectivity index (χ0v) is 13.3. The highest BCUT2D eigenvalue weighted by Crippen LogP contribution is 2.29. The summed E-state index contributed by atoms with van der Waals surface area (Å²) in [5.41, 5.74) is -0.605. The summed E-state index contributed by atoms with van der Waals surface area (Å²) in [4.78, 5) is 23.1. The number of alkyl halides is 3. The van der Waals surface area contributed by atoms with Crippen molar-refractivity contribution >= 4 is 18.0 Å². The van der Waals surface area contributed by atoms with Crippen molar-refractivity contribution in [3.63, 3.8) is 0 Å². The Morgan fingerprint density at radius 3 is 2.84 bits per heavy atom. The van der Waals surface area contributed by atoms with Gasteiger partial charge in [0.05, 0.1) is 11.7 Å². The number of carbonyl (C=O) groups is 2. The summed E-state index contributed by atoms with van der Waals surface area (Å²) in [6.45, 7) is 0.574. The van der Waals surface area contributed by atoms with Crippen LogP contribution in [0.3, 0.4) is 0 Å². The van der Waals surface area contributed by atoms with Crippen LogP contribution < -0.4 is 5.32 Å². The van der Waals surface area contributed by atoms with Gasteiger partial charge >= 0.3 is 12.1 Å². The summed E-state index contributed by atoms with van der Waals surface area (Å²) in [5, 5.41) is 2.59. The molecule has 0 saturated carbocycles. The van der Waals surface area contributed by atoms with Crippen LogP contribution in [-0.4, -0.2) is 37.7 Å². The fourth-order valence-corrected chi connectivity index (χ4v) is 2.25. The van der Waals surface area contributed by atoms with Gasteiger partial charge in [-0.3, -0.25) is 4.79 Å².